The summed E-state index contributed by atoms with van der Waals surface area (Å²) in [4.78, 5) is 27.9. The Morgan fingerprint density at radius 2 is 2.03 bits per heavy atom. The first kappa shape index (κ1) is 22.5. The van der Waals surface area contributed by atoms with Gasteiger partial charge >= 0.3 is 6.09 Å². The smallest absolute Gasteiger partial charge is 0.407 e. The third kappa shape index (κ3) is 3.21. The molecule has 36 heavy (non-hydrogen) atoms. The minimum Gasteiger partial charge on any atom is -0.489 e. The van der Waals surface area contributed by atoms with Gasteiger partial charge in [-0.05, 0) is 23.9 Å². The monoisotopic (exact) mass is 509 g/mol. The van der Waals surface area contributed by atoms with Gasteiger partial charge in [-0.15, -0.1) is 0 Å². The third-order valence-electron chi connectivity index (χ3n) is 6.89. The fraction of sp³-hybridized carbons (Fsp3) is 0.280. The van der Waals surface area contributed by atoms with Crippen molar-refractivity contribution in [1.29, 1.82) is 0 Å². The van der Waals surface area contributed by atoms with Crippen molar-refractivity contribution in [3.05, 3.63) is 47.1 Å². The molecule has 1 saturated heterocycles. The van der Waals surface area contributed by atoms with Gasteiger partial charge in [0.2, 0.25) is 5.88 Å². The van der Waals surface area contributed by atoms with Crippen molar-refractivity contribution < 1.29 is 23.8 Å². The first-order valence-corrected chi connectivity index (χ1v) is 11.7. The van der Waals surface area contributed by atoms with Gasteiger partial charge < -0.3 is 24.4 Å². The van der Waals surface area contributed by atoms with E-state index in [9.17, 15) is 9.90 Å². The molecule has 0 bridgehead atoms. The summed E-state index contributed by atoms with van der Waals surface area (Å²) in [5.41, 5.74) is 1.54. The van der Waals surface area contributed by atoms with Gasteiger partial charge in [-0.3, -0.25) is 0 Å². The molecule has 1 N–H and O–H groups in total. The molecular formula is C25H21ClFN5O4. The van der Waals surface area contributed by atoms with Crippen molar-refractivity contribution in [2.45, 2.75) is 13.0 Å². The predicted molar refractivity (Wildman–Crippen MR) is 133 cm³/mol. The molecule has 9 nitrogen and oxygen atoms in total. The van der Waals surface area contributed by atoms with Crippen LogP contribution >= 0.6 is 11.6 Å². The number of amides is 1. The molecule has 1 atom stereocenters. The highest BCUT2D eigenvalue weighted by Gasteiger charge is 2.37. The van der Waals surface area contributed by atoms with Crippen LogP contribution in [0.2, 0.25) is 5.02 Å². The van der Waals surface area contributed by atoms with Crippen molar-refractivity contribution >= 4 is 45.2 Å². The minimum atomic E-state index is -0.996. The Morgan fingerprint density at radius 1 is 1.19 bits per heavy atom. The molecule has 0 saturated carbocycles. The molecule has 0 unspecified atom stereocenters. The number of pyridine rings is 1. The minimum absolute atomic E-state index is 0.0787. The summed E-state index contributed by atoms with van der Waals surface area (Å²) in [7, 11) is 1.51. The van der Waals surface area contributed by atoms with Crippen LogP contribution in [0, 0.1) is 12.7 Å². The maximum Gasteiger partial charge on any atom is 0.407 e. The maximum atomic E-state index is 16.4. The molecule has 0 spiro atoms. The van der Waals surface area contributed by atoms with Crippen molar-refractivity contribution in [2.24, 2.45) is 0 Å². The largest absolute Gasteiger partial charge is 0.489 e. The van der Waals surface area contributed by atoms with Gasteiger partial charge in [0.15, 0.2) is 11.6 Å². The standard InChI is InChI=1S/C25H21ClFN5O4/c1-12-3-4-13-5-6-28-24(35-2)16(13)15(12)17-19(26)22-18-21(20(17)27)29-11-30-23(18)32-8-7-31(25(33)34)9-14(32)10-36-22/h3-6,11,14H,7-10H2,1-2H3,(H,33,34)/t14-/m0/s1. The number of rotatable bonds is 2. The lowest BCUT2D eigenvalue weighted by Gasteiger charge is -2.39. The number of aryl methyl sites for hydroxylation is 1. The van der Waals surface area contributed by atoms with Crippen molar-refractivity contribution in [3.63, 3.8) is 0 Å². The Labute approximate surface area is 210 Å². The molecular weight excluding hydrogens is 489 g/mol. The van der Waals surface area contributed by atoms with E-state index in [0.29, 0.717) is 41.1 Å². The number of carboxylic acid groups (broad SMARTS) is 1. The Bertz CT molecular complexity index is 1570. The van der Waals surface area contributed by atoms with Crippen molar-refractivity contribution in [1.82, 2.24) is 19.9 Å². The van der Waals surface area contributed by atoms with Crippen LogP contribution < -0.4 is 14.4 Å². The van der Waals surface area contributed by atoms with Gasteiger partial charge in [0.1, 0.15) is 24.3 Å². The van der Waals surface area contributed by atoms with Crippen LogP contribution in [0.5, 0.6) is 11.6 Å². The van der Waals surface area contributed by atoms with Gasteiger partial charge in [0.25, 0.3) is 0 Å². The molecule has 11 heteroatoms. The van der Waals surface area contributed by atoms with Crippen LogP contribution in [0.3, 0.4) is 0 Å². The quantitative estimate of drug-likeness (QED) is 0.421. The first-order chi connectivity index (χ1) is 17.4. The molecule has 0 aliphatic carbocycles. The average molecular weight is 510 g/mol. The van der Waals surface area contributed by atoms with E-state index >= 15 is 4.39 Å². The van der Waals surface area contributed by atoms with Gasteiger partial charge in [0, 0.05) is 37.0 Å². The Kier molecular flexibility index (Phi) is 5.22. The molecule has 2 aliphatic rings. The lowest BCUT2D eigenvalue weighted by molar-refractivity contribution is 0.127. The predicted octanol–water partition coefficient (Wildman–Crippen LogP) is 4.52. The lowest BCUT2D eigenvalue weighted by Crippen LogP contribution is -2.56. The number of ether oxygens (including phenoxy) is 2. The second kappa shape index (κ2) is 8.34. The highest BCUT2D eigenvalue weighted by molar-refractivity contribution is 6.37. The molecule has 4 heterocycles. The molecule has 1 amide bonds. The van der Waals surface area contributed by atoms with Crippen LogP contribution in [-0.4, -0.2) is 70.4 Å². The van der Waals surface area contributed by atoms with E-state index in [4.69, 9.17) is 21.1 Å². The number of benzene rings is 2. The Balaban J connectivity index is 1.63. The third-order valence-corrected chi connectivity index (χ3v) is 7.26. The molecule has 2 aromatic carbocycles. The number of methoxy groups -OCH3 is 1. The molecule has 184 valence electrons. The zero-order chi connectivity index (χ0) is 25.1. The summed E-state index contributed by atoms with van der Waals surface area (Å²) in [6.45, 7) is 2.93. The molecule has 1 fully saturated rings. The number of anilines is 1. The highest BCUT2D eigenvalue weighted by atomic mass is 35.5. The van der Waals surface area contributed by atoms with Crippen LogP contribution in [0.15, 0.2) is 30.7 Å². The van der Waals surface area contributed by atoms with Crippen LogP contribution in [-0.2, 0) is 0 Å². The number of nitrogens with zero attached hydrogens (tertiary/aromatic N) is 5. The number of hydrogen-bond acceptors (Lipinski definition) is 7. The number of aromatic nitrogens is 3. The molecule has 2 aromatic heterocycles. The summed E-state index contributed by atoms with van der Waals surface area (Å²) in [6, 6.07) is 5.32. The molecule has 6 rings (SSSR count). The number of carbonyl (C=O) groups is 1. The fourth-order valence-corrected chi connectivity index (χ4v) is 5.54. The molecule has 2 aliphatic heterocycles. The topological polar surface area (TPSA) is 101 Å². The first-order valence-electron chi connectivity index (χ1n) is 11.4. The number of hydrogen-bond donors (Lipinski definition) is 1. The van der Waals surface area contributed by atoms with Gasteiger partial charge in [-0.25, -0.2) is 24.1 Å². The average Bonchev–Trinajstić information content (AvgIpc) is 3.05. The van der Waals surface area contributed by atoms with Crippen molar-refractivity contribution in [3.8, 4) is 22.8 Å². The van der Waals surface area contributed by atoms with Gasteiger partial charge in [-0.1, -0.05) is 23.7 Å². The molecule has 4 aromatic rings. The van der Waals surface area contributed by atoms with Crippen LogP contribution in [0.25, 0.3) is 32.8 Å². The Hall–Kier alpha value is -3.92. The lowest BCUT2D eigenvalue weighted by atomic mass is 9.93. The highest BCUT2D eigenvalue weighted by Crippen LogP contribution is 2.50. The maximum absolute atomic E-state index is 16.4. The SMILES string of the molecule is COc1nccc2ccc(C)c(-c3c(Cl)c4c5c(ncnc5c3F)N3CCN(C(=O)O)C[C@H]3CO4)c12. The van der Waals surface area contributed by atoms with E-state index in [1.807, 2.05) is 30.0 Å². The number of piperazine rings is 1. The van der Waals surface area contributed by atoms with E-state index < -0.39 is 11.9 Å². The summed E-state index contributed by atoms with van der Waals surface area (Å²) < 4.78 is 28.1. The number of fused-ring (bicyclic) bond motifs is 3. The fourth-order valence-electron chi connectivity index (χ4n) is 5.21. The molecule has 0 radical (unpaired) electrons. The normalized spacial score (nSPS) is 17.1. The summed E-state index contributed by atoms with van der Waals surface area (Å²) in [6.07, 6.45) is 1.95. The van der Waals surface area contributed by atoms with Gasteiger partial charge in [-0.2, -0.15) is 0 Å². The van der Waals surface area contributed by atoms with E-state index in [2.05, 4.69) is 15.0 Å². The summed E-state index contributed by atoms with van der Waals surface area (Å²) in [5.74, 6) is 0.496. The van der Waals surface area contributed by atoms with Crippen LogP contribution in [0.1, 0.15) is 5.56 Å². The zero-order valence-corrected chi connectivity index (χ0v) is 20.2. The van der Waals surface area contributed by atoms with E-state index in [1.54, 1.807) is 6.20 Å². The van der Waals surface area contributed by atoms with E-state index in [1.165, 1.54) is 18.3 Å². The Morgan fingerprint density at radius 3 is 2.81 bits per heavy atom. The summed E-state index contributed by atoms with van der Waals surface area (Å²) in [5, 5.41) is 11.4. The van der Waals surface area contributed by atoms with Crippen LogP contribution in [0.4, 0.5) is 15.0 Å². The second-order valence-electron chi connectivity index (χ2n) is 8.82. The zero-order valence-electron chi connectivity index (χ0n) is 19.5. The van der Waals surface area contributed by atoms with E-state index in [0.717, 1.165) is 10.9 Å². The second-order valence-corrected chi connectivity index (χ2v) is 9.19. The van der Waals surface area contributed by atoms with E-state index in [-0.39, 0.29) is 41.0 Å². The number of halogens is 2. The van der Waals surface area contributed by atoms with Gasteiger partial charge in [0.05, 0.1) is 28.9 Å². The summed E-state index contributed by atoms with van der Waals surface area (Å²) >= 11 is 6.95. The van der Waals surface area contributed by atoms with Crippen molar-refractivity contribution in [2.75, 3.05) is 38.3 Å².